The van der Waals surface area contributed by atoms with Crippen molar-refractivity contribution < 1.29 is 27.1 Å². The molecule has 0 spiro atoms. The van der Waals surface area contributed by atoms with E-state index in [0.29, 0.717) is 22.2 Å². The van der Waals surface area contributed by atoms with E-state index in [2.05, 4.69) is 4.98 Å². The third kappa shape index (κ3) is 4.75. The number of sulfonamides is 1. The molecule has 2 aromatic carbocycles. The average Bonchev–Trinajstić information content (AvgIpc) is 3.19. The topological polar surface area (TPSA) is 117 Å². The summed E-state index contributed by atoms with van der Waals surface area (Å²) in [5.74, 6) is -0.878. The van der Waals surface area contributed by atoms with Gasteiger partial charge in [-0.1, -0.05) is 6.07 Å². The van der Waals surface area contributed by atoms with Crippen LogP contribution in [0.25, 0.3) is 22.2 Å². The number of rotatable bonds is 8. The van der Waals surface area contributed by atoms with Gasteiger partial charge in [0.05, 0.1) is 43.7 Å². The molecule has 0 bridgehead atoms. The Labute approximate surface area is 191 Å². The third-order valence-corrected chi connectivity index (χ3v) is 6.88. The Balaban J connectivity index is 2.29. The second-order valence-electron chi connectivity index (χ2n) is 7.30. The summed E-state index contributed by atoms with van der Waals surface area (Å²) >= 11 is 0. The summed E-state index contributed by atoms with van der Waals surface area (Å²) in [6, 6.07) is 7.76. The summed E-state index contributed by atoms with van der Waals surface area (Å²) in [6.45, 7) is -0.0767. The number of hydrogen-bond acceptors (Lipinski definition) is 7. The molecule has 3 rings (SSSR count). The number of fused-ring (bicyclic) bond motifs is 1. The summed E-state index contributed by atoms with van der Waals surface area (Å²) in [5.41, 5.74) is 7.48. The molecular weight excluding hydrogens is 451 g/mol. The van der Waals surface area contributed by atoms with E-state index in [1.54, 1.807) is 18.2 Å². The number of nitrogens with zero attached hydrogens (tertiary/aromatic N) is 3. The molecule has 0 amide bonds. The Hall–Kier alpha value is -3.28. The van der Waals surface area contributed by atoms with Crippen LogP contribution >= 0.6 is 0 Å². The molecule has 1 heterocycles. The van der Waals surface area contributed by atoms with E-state index in [1.165, 1.54) is 57.4 Å². The third-order valence-electron chi connectivity index (χ3n) is 5.04. The highest BCUT2D eigenvalue weighted by Gasteiger charge is 2.24. The van der Waals surface area contributed by atoms with Gasteiger partial charge >= 0.3 is 5.97 Å². The van der Waals surface area contributed by atoms with Crippen LogP contribution < -0.4 is 10.5 Å². The predicted molar refractivity (Wildman–Crippen MR) is 122 cm³/mol. The van der Waals surface area contributed by atoms with Gasteiger partial charge < -0.3 is 19.8 Å². The van der Waals surface area contributed by atoms with Crippen LogP contribution in [0.2, 0.25) is 0 Å². The van der Waals surface area contributed by atoms with Crippen LogP contribution in [0.15, 0.2) is 53.5 Å². The Morgan fingerprint density at radius 2 is 1.97 bits per heavy atom. The van der Waals surface area contributed by atoms with Gasteiger partial charge in [-0.05, 0) is 35.9 Å². The molecule has 0 fully saturated rings. The molecule has 33 heavy (non-hydrogen) atoms. The molecule has 0 saturated carbocycles. The number of hydrogen-bond donors (Lipinski definition) is 1. The van der Waals surface area contributed by atoms with Gasteiger partial charge in [0.2, 0.25) is 10.0 Å². The van der Waals surface area contributed by atoms with Gasteiger partial charge in [-0.15, -0.1) is 0 Å². The highest BCUT2D eigenvalue weighted by Crippen LogP contribution is 2.35. The van der Waals surface area contributed by atoms with Crippen molar-refractivity contribution in [3.05, 3.63) is 54.1 Å². The molecule has 0 aliphatic heterocycles. The highest BCUT2D eigenvalue weighted by atomic mass is 32.2. The first-order valence-corrected chi connectivity index (χ1v) is 11.3. The molecule has 2 N–H and O–H groups in total. The molecule has 9 nitrogen and oxygen atoms in total. The Bertz CT molecular complexity index is 1330. The van der Waals surface area contributed by atoms with Gasteiger partial charge in [-0.25, -0.2) is 26.9 Å². The highest BCUT2D eigenvalue weighted by molar-refractivity contribution is 7.89. The van der Waals surface area contributed by atoms with E-state index >= 15 is 0 Å². The van der Waals surface area contributed by atoms with E-state index in [1.807, 2.05) is 0 Å². The first-order valence-electron chi connectivity index (χ1n) is 9.86. The standard InChI is InChI=1S/C22H25FN4O5S/c1-26(2)33(29,30)20-11-14(5-6-19(20)31-3)17-9-15(22(28)32-4)10-18-21(17)25-13-27(18)12-16(23)7-8-24/h5-7,9-11,13H,8,12,24H2,1-4H3/b16-7-. The quantitative estimate of drug-likeness (QED) is 0.497. The smallest absolute Gasteiger partial charge is 0.337 e. The van der Waals surface area contributed by atoms with Crippen LogP contribution in [0.1, 0.15) is 10.4 Å². The average molecular weight is 477 g/mol. The molecule has 0 aliphatic carbocycles. The number of imidazole rings is 1. The van der Waals surface area contributed by atoms with E-state index in [4.69, 9.17) is 15.2 Å². The molecule has 0 saturated heterocycles. The maximum atomic E-state index is 14.1. The van der Waals surface area contributed by atoms with Crippen molar-refractivity contribution in [3.63, 3.8) is 0 Å². The number of allylic oxidation sites excluding steroid dienone is 1. The number of esters is 1. The maximum absolute atomic E-state index is 14.1. The zero-order valence-electron chi connectivity index (χ0n) is 18.7. The lowest BCUT2D eigenvalue weighted by Gasteiger charge is -2.16. The normalized spacial score (nSPS) is 12.4. The zero-order chi connectivity index (χ0) is 24.3. The lowest BCUT2D eigenvalue weighted by molar-refractivity contribution is 0.0601. The van der Waals surface area contributed by atoms with Crippen LogP contribution in [0, 0.1) is 0 Å². The molecule has 176 valence electrons. The van der Waals surface area contributed by atoms with Crippen molar-refractivity contribution in [2.24, 2.45) is 5.73 Å². The summed E-state index contributed by atoms with van der Waals surface area (Å²) in [7, 11) is 1.64. The van der Waals surface area contributed by atoms with Crippen LogP contribution in [0.3, 0.4) is 0 Å². The molecule has 0 radical (unpaired) electrons. The minimum Gasteiger partial charge on any atom is -0.495 e. The van der Waals surface area contributed by atoms with Gasteiger partial charge in [0.25, 0.3) is 0 Å². The van der Waals surface area contributed by atoms with Crippen LogP contribution in [0.4, 0.5) is 4.39 Å². The van der Waals surface area contributed by atoms with Gasteiger partial charge in [-0.3, -0.25) is 0 Å². The minimum absolute atomic E-state index is 0.0412. The number of carbonyl (C=O) groups is 1. The van der Waals surface area contributed by atoms with Crippen molar-refractivity contribution >= 4 is 27.0 Å². The SMILES string of the molecule is COC(=O)c1cc(-c2ccc(OC)c(S(=O)(=O)N(C)C)c2)c2ncn(C/C(F)=C/CN)c2c1. The molecule has 11 heteroatoms. The summed E-state index contributed by atoms with van der Waals surface area (Å²) < 4.78 is 52.6. The van der Waals surface area contributed by atoms with Crippen LogP contribution in [-0.2, 0) is 21.3 Å². The molecule has 0 unspecified atom stereocenters. The van der Waals surface area contributed by atoms with Crippen molar-refractivity contribution in [1.29, 1.82) is 0 Å². The number of methoxy groups -OCH3 is 2. The number of halogens is 1. The zero-order valence-corrected chi connectivity index (χ0v) is 19.5. The van der Waals surface area contributed by atoms with Crippen molar-refractivity contribution in [1.82, 2.24) is 13.9 Å². The molecule has 1 aromatic heterocycles. The van der Waals surface area contributed by atoms with E-state index in [9.17, 15) is 17.6 Å². The van der Waals surface area contributed by atoms with Gasteiger partial charge in [0.15, 0.2) is 0 Å². The van der Waals surface area contributed by atoms with Crippen molar-refractivity contribution in [3.8, 4) is 16.9 Å². The first kappa shape index (κ1) is 24.4. The predicted octanol–water partition coefficient (Wildman–Crippen LogP) is 2.56. The minimum atomic E-state index is -3.83. The number of benzene rings is 2. The number of nitrogens with two attached hydrogens (primary N) is 1. The van der Waals surface area contributed by atoms with Crippen molar-refractivity contribution in [2.45, 2.75) is 11.4 Å². The van der Waals surface area contributed by atoms with Gasteiger partial charge in [0.1, 0.15) is 16.5 Å². The monoisotopic (exact) mass is 476 g/mol. The second kappa shape index (κ2) is 9.69. The molecule has 0 atom stereocenters. The lowest BCUT2D eigenvalue weighted by Crippen LogP contribution is -2.22. The van der Waals surface area contributed by atoms with Gasteiger partial charge in [0, 0.05) is 26.2 Å². The second-order valence-corrected chi connectivity index (χ2v) is 9.42. The Morgan fingerprint density at radius 1 is 1.24 bits per heavy atom. The fourth-order valence-corrected chi connectivity index (χ4v) is 4.42. The number of ether oxygens (including phenoxy) is 2. The lowest BCUT2D eigenvalue weighted by atomic mass is 10.0. The maximum Gasteiger partial charge on any atom is 0.337 e. The number of aromatic nitrogens is 2. The van der Waals surface area contributed by atoms with E-state index in [0.717, 1.165) is 4.31 Å². The van der Waals surface area contributed by atoms with E-state index < -0.39 is 21.8 Å². The fraction of sp³-hybridized carbons (Fsp3) is 0.273. The molecular formula is C22H25FN4O5S. The van der Waals surface area contributed by atoms with E-state index in [-0.39, 0.29) is 29.3 Å². The van der Waals surface area contributed by atoms with Crippen molar-refractivity contribution in [2.75, 3.05) is 34.9 Å². The Kier molecular flexibility index (Phi) is 7.15. The molecule has 3 aromatic rings. The largest absolute Gasteiger partial charge is 0.495 e. The van der Waals surface area contributed by atoms with Gasteiger partial charge in [-0.2, -0.15) is 0 Å². The van der Waals surface area contributed by atoms with Crippen LogP contribution in [0.5, 0.6) is 5.75 Å². The van der Waals surface area contributed by atoms with Crippen LogP contribution in [-0.4, -0.2) is 63.1 Å². The summed E-state index contributed by atoms with van der Waals surface area (Å²) in [6.07, 6.45) is 2.69. The summed E-state index contributed by atoms with van der Waals surface area (Å²) in [4.78, 5) is 16.7. The summed E-state index contributed by atoms with van der Waals surface area (Å²) in [5, 5.41) is 0. The number of carbonyl (C=O) groups excluding carboxylic acids is 1. The molecule has 0 aliphatic rings. The fourth-order valence-electron chi connectivity index (χ4n) is 3.34. The first-order chi connectivity index (χ1) is 15.6. The Morgan fingerprint density at radius 3 is 2.58 bits per heavy atom.